The molecule has 0 spiro atoms. The molecule has 0 amide bonds. The predicted octanol–water partition coefficient (Wildman–Crippen LogP) is 0.0364. The van der Waals surface area contributed by atoms with Gasteiger partial charge in [0, 0.05) is 51.7 Å². The van der Waals surface area contributed by atoms with Gasteiger partial charge >= 0.3 is 0 Å². The van der Waals surface area contributed by atoms with E-state index in [2.05, 4.69) is 25.3 Å². The topological polar surface area (TPSA) is 57.4 Å². The smallest absolute Gasteiger partial charge is 0.227 e. The summed E-state index contributed by atoms with van der Waals surface area (Å²) in [6.07, 6.45) is 3.49. The highest BCUT2D eigenvalue weighted by molar-refractivity contribution is 5.01. The van der Waals surface area contributed by atoms with Crippen molar-refractivity contribution in [2.45, 2.75) is 31.3 Å². The van der Waals surface area contributed by atoms with E-state index in [4.69, 9.17) is 4.52 Å². The maximum atomic E-state index is 5.38. The summed E-state index contributed by atoms with van der Waals surface area (Å²) in [6, 6.07) is 1.09. The lowest BCUT2D eigenvalue weighted by molar-refractivity contribution is 0.00781. The van der Waals surface area contributed by atoms with E-state index in [0.29, 0.717) is 6.04 Å². The van der Waals surface area contributed by atoms with Gasteiger partial charge in [0.2, 0.25) is 5.89 Å². The zero-order chi connectivity index (χ0) is 12.7. The summed E-state index contributed by atoms with van der Waals surface area (Å²) in [5.41, 5.74) is 0. The summed E-state index contributed by atoms with van der Waals surface area (Å²) < 4.78 is 5.38. The normalized spacial score (nSPS) is 33.8. The molecule has 1 atom stereocenters. The Kier molecular flexibility index (Phi) is 3.01. The summed E-state index contributed by atoms with van der Waals surface area (Å²) in [4.78, 5) is 9.56. The van der Waals surface area contributed by atoms with Crippen molar-refractivity contribution in [3.63, 3.8) is 0 Å². The Bertz CT molecular complexity index is 436. The van der Waals surface area contributed by atoms with Crippen molar-refractivity contribution >= 4 is 0 Å². The van der Waals surface area contributed by atoms with E-state index in [1.54, 1.807) is 0 Å². The van der Waals surface area contributed by atoms with Crippen LogP contribution in [0.2, 0.25) is 0 Å². The van der Waals surface area contributed by atoms with Crippen LogP contribution in [0.25, 0.3) is 0 Å². The van der Waals surface area contributed by atoms with Gasteiger partial charge in [0.15, 0.2) is 5.82 Å². The van der Waals surface area contributed by atoms with Gasteiger partial charge in [0.05, 0.1) is 6.04 Å². The Morgan fingerprint density at radius 3 is 2.74 bits per heavy atom. The summed E-state index contributed by atoms with van der Waals surface area (Å²) in [5, 5.41) is 7.66. The van der Waals surface area contributed by atoms with Gasteiger partial charge in [-0.15, -0.1) is 0 Å². The first kappa shape index (κ1) is 11.8. The molecule has 3 saturated heterocycles. The number of hydrogen-bond donors (Lipinski definition) is 1. The van der Waals surface area contributed by atoms with Gasteiger partial charge in [-0.25, -0.2) is 0 Å². The number of nitrogens with one attached hydrogen (secondary N) is 1. The van der Waals surface area contributed by atoms with E-state index >= 15 is 0 Å². The molecule has 19 heavy (non-hydrogen) atoms. The van der Waals surface area contributed by atoms with Crippen molar-refractivity contribution < 1.29 is 4.52 Å². The highest BCUT2D eigenvalue weighted by Crippen LogP contribution is 2.26. The van der Waals surface area contributed by atoms with Gasteiger partial charge in [-0.2, -0.15) is 4.98 Å². The summed E-state index contributed by atoms with van der Waals surface area (Å²) >= 11 is 0. The molecule has 5 rings (SSSR count). The predicted molar refractivity (Wildman–Crippen MR) is 69.8 cm³/mol. The molecule has 1 aromatic rings. The molecule has 0 radical (unpaired) electrons. The third-order valence-electron chi connectivity index (χ3n) is 4.41. The number of hydrogen-bond acceptors (Lipinski definition) is 6. The Morgan fingerprint density at radius 2 is 2.05 bits per heavy atom. The zero-order valence-electron chi connectivity index (χ0n) is 11.2. The second kappa shape index (κ2) is 4.85. The van der Waals surface area contributed by atoms with Crippen LogP contribution in [-0.4, -0.2) is 65.3 Å². The van der Waals surface area contributed by atoms with Crippen molar-refractivity contribution in [1.29, 1.82) is 0 Å². The summed E-state index contributed by atoms with van der Waals surface area (Å²) in [5.74, 6) is 1.66. The fourth-order valence-electron chi connectivity index (χ4n) is 3.04. The summed E-state index contributed by atoms with van der Waals surface area (Å²) in [7, 11) is 0. The molecule has 0 aromatic carbocycles. The number of fused-ring (bicyclic) bond motifs is 3. The highest BCUT2D eigenvalue weighted by Gasteiger charge is 2.35. The average Bonchev–Trinajstić information content (AvgIpc) is 3.16. The molecule has 1 aliphatic carbocycles. The van der Waals surface area contributed by atoms with Crippen LogP contribution in [0, 0.1) is 0 Å². The van der Waals surface area contributed by atoms with Gasteiger partial charge in [0.25, 0.3) is 0 Å². The minimum absolute atomic E-state index is 0.344. The first-order valence-corrected chi connectivity index (χ1v) is 7.41. The van der Waals surface area contributed by atoms with Gasteiger partial charge in [-0.1, -0.05) is 5.16 Å². The second-order valence-corrected chi connectivity index (χ2v) is 5.88. The van der Waals surface area contributed by atoms with Crippen LogP contribution in [0.1, 0.15) is 30.6 Å². The molecule has 1 aromatic heterocycles. The first-order chi connectivity index (χ1) is 9.38. The van der Waals surface area contributed by atoms with Crippen LogP contribution >= 0.6 is 0 Å². The van der Waals surface area contributed by atoms with Crippen molar-refractivity contribution in [2.75, 3.05) is 39.3 Å². The molecule has 2 bridgehead atoms. The van der Waals surface area contributed by atoms with Crippen molar-refractivity contribution in [3.05, 3.63) is 11.7 Å². The molecule has 6 heteroatoms. The van der Waals surface area contributed by atoms with E-state index < -0.39 is 0 Å². The Balaban J connectivity index is 1.37. The lowest BCUT2D eigenvalue weighted by atomic mass is 10.1. The first-order valence-electron chi connectivity index (χ1n) is 7.41. The molecular weight excluding hydrogens is 242 g/mol. The number of piperazine rings is 3. The maximum Gasteiger partial charge on any atom is 0.227 e. The minimum atomic E-state index is 0.344. The zero-order valence-corrected chi connectivity index (χ0v) is 11.2. The minimum Gasteiger partial charge on any atom is -0.339 e. The lowest BCUT2D eigenvalue weighted by Crippen LogP contribution is -2.57. The van der Waals surface area contributed by atoms with Crippen LogP contribution in [0.5, 0.6) is 0 Å². The van der Waals surface area contributed by atoms with Crippen LogP contribution in [0.4, 0.5) is 0 Å². The van der Waals surface area contributed by atoms with E-state index in [9.17, 15) is 0 Å². The maximum absolute atomic E-state index is 5.38. The van der Waals surface area contributed by atoms with E-state index in [1.165, 1.54) is 25.9 Å². The largest absolute Gasteiger partial charge is 0.339 e. The molecule has 3 aliphatic heterocycles. The van der Waals surface area contributed by atoms with E-state index in [-0.39, 0.29) is 0 Å². The molecule has 1 N–H and O–H groups in total. The molecule has 104 valence electrons. The lowest BCUT2D eigenvalue weighted by Gasteiger charge is -2.46. The van der Waals surface area contributed by atoms with Crippen molar-refractivity contribution in [3.8, 4) is 0 Å². The van der Waals surface area contributed by atoms with Gasteiger partial charge in [-0.05, 0) is 12.8 Å². The highest BCUT2D eigenvalue weighted by atomic mass is 16.5. The second-order valence-electron chi connectivity index (χ2n) is 5.88. The third kappa shape index (κ3) is 2.52. The number of aromatic nitrogens is 2. The van der Waals surface area contributed by atoms with Crippen molar-refractivity contribution in [2.24, 2.45) is 0 Å². The molecule has 4 aliphatic rings. The number of nitrogens with zero attached hydrogens (tertiary/aromatic N) is 4. The van der Waals surface area contributed by atoms with E-state index in [0.717, 1.165) is 50.4 Å². The van der Waals surface area contributed by atoms with Gasteiger partial charge in [0.1, 0.15) is 0 Å². The Labute approximate surface area is 113 Å². The average molecular weight is 263 g/mol. The molecule has 4 fully saturated rings. The fourth-order valence-corrected chi connectivity index (χ4v) is 3.04. The Hall–Kier alpha value is -0.980. The van der Waals surface area contributed by atoms with Crippen LogP contribution in [0.15, 0.2) is 4.52 Å². The quantitative estimate of drug-likeness (QED) is 0.809. The monoisotopic (exact) mass is 263 g/mol. The molecule has 1 saturated carbocycles. The van der Waals surface area contributed by atoms with Crippen LogP contribution < -0.4 is 5.32 Å². The fraction of sp³-hybridized carbons (Fsp3) is 0.846. The standard InChI is InChI=1S/C13H21N5O/c1-2-10(1)14-4-3-12-15-13(16-19-12)11-9-17-5-7-18(11)8-6-17/h10-11,14H,1-9H2. The van der Waals surface area contributed by atoms with Gasteiger partial charge in [-0.3, -0.25) is 9.80 Å². The molecule has 4 heterocycles. The SMILES string of the molecule is C(Cc1nc(C2CN3CCN2CC3)no1)NC1CC1. The van der Waals surface area contributed by atoms with Crippen LogP contribution in [-0.2, 0) is 6.42 Å². The Morgan fingerprint density at radius 1 is 1.21 bits per heavy atom. The number of rotatable bonds is 5. The third-order valence-corrected chi connectivity index (χ3v) is 4.41. The van der Waals surface area contributed by atoms with E-state index in [1.807, 2.05) is 0 Å². The van der Waals surface area contributed by atoms with Crippen LogP contribution in [0.3, 0.4) is 0 Å². The molecule has 6 nitrogen and oxygen atoms in total. The summed E-state index contributed by atoms with van der Waals surface area (Å²) in [6.45, 7) is 6.65. The molecule has 1 unspecified atom stereocenters. The molecular formula is C13H21N5O. The van der Waals surface area contributed by atoms with Crippen molar-refractivity contribution in [1.82, 2.24) is 25.3 Å². The van der Waals surface area contributed by atoms with Gasteiger partial charge < -0.3 is 9.84 Å².